The molecule has 5 nitrogen and oxygen atoms in total. The summed E-state index contributed by atoms with van der Waals surface area (Å²) < 4.78 is 0. The van der Waals surface area contributed by atoms with Crippen molar-refractivity contribution in [3.05, 3.63) is 0 Å². The molecule has 0 heterocycles. The molecule has 0 radical (unpaired) electrons. The minimum atomic E-state index is -0.807. The smallest absolute Gasteiger partial charge is 0.314 e. The SMILES string of the molecule is C#CCCNC(=O)NCC1(C(=O)O)CCCCCC1. The number of amides is 2. The van der Waals surface area contributed by atoms with Crippen LogP contribution in [0.1, 0.15) is 44.9 Å². The van der Waals surface area contributed by atoms with Gasteiger partial charge < -0.3 is 15.7 Å². The first-order valence-electron chi connectivity index (χ1n) is 6.79. The van der Waals surface area contributed by atoms with Crippen LogP contribution in [0.15, 0.2) is 0 Å². The van der Waals surface area contributed by atoms with Crippen molar-refractivity contribution in [2.75, 3.05) is 13.1 Å². The Bertz CT molecular complexity index is 352. The van der Waals surface area contributed by atoms with Gasteiger partial charge in [-0.25, -0.2) is 4.79 Å². The van der Waals surface area contributed by atoms with E-state index in [2.05, 4.69) is 16.6 Å². The average Bonchev–Trinajstić information content (AvgIpc) is 2.63. The van der Waals surface area contributed by atoms with Crippen LogP contribution in [0.3, 0.4) is 0 Å². The Hall–Kier alpha value is -1.70. The highest BCUT2D eigenvalue weighted by Crippen LogP contribution is 2.34. The molecule has 3 N–H and O–H groups in total. The minimum absolute atomic E-state index is 0.185. The summed E-state index contributed by atoms with van der Waals surface area (Å²) in [7, 11) is 0. The van der Waals surface area contributed by atoms with Crippen molar-refractivity contribution >= 4 is 12.0 Å². The van der Waals surface area contributed by atoms with Gasteiger partial charge in [0.05, 0.1) is 5.41 Å². The van der Waals surface area contributed by atoms with Crippen LogP contribution in [-0.2, 0) is 4.79 Å². The number of carboxylic acids is 1. The lowest BCUT2D eigenvalue weighted by Gasteiger charge is -2.28. The van der Waals surface area contributed by atoms with E-state index in [0.717, 1.165) is 25.7 Å². The molecule has 0 unspecified atom stereocenters. The predicted molar refractivity (Wildman–Crippen MR) is 72.6 cm³/mol. The van der Waals surface area contributed by atoms with Gasteiger partial charge in [0.15, 0.2) is 0 Å². The van der Waals surface area contributed by atoms with Gasteiger partial charge in [0, 0.05) is 19.5 Å². The quantitative estimate of drug-likeness (QED) is 0.403. The van der Waals surface area contributed by atoms with E-state index in [4.69, 9.17) is 6.42 Å². The second kappa shape index (κ2) is 7.67. The van der Waals surface area contributed by atoms with Crippen molar-refractivity contribution in [1.82, 2.24) is 10.6 Å². The zero-order valence-corrected chi connectivity index (χ0v) is 11.2. The number of carbonyl (C=O) groups excluding carboxylic acids is 1. The van der Waals surface area contributed by atoms with E-state index in [1.807, 2.05) is 0 Å². The van der Waals surface area contributed by atoms with Crippen LogP contribution in [0.25, 0.3) is 0 Å². The van der Waals surface area contributed by atoms with Gasteiger partial charge in [-0.05, 0) is 12.8 Å². The van der Waals surface area contributed by atoms with E-state index in [1.54, 1.807) is 0 Å². The summed E-state index contributed by atoms with van der Waals surface area (Å²) in [6.07, 6.45) is 10.8. The maximum absolute atomic E-state index is 11.5. The predicted octanol–water partition coefficient (Wildman–Crippen LogP) is 1.73. The molecule has 5 heteroatoms. The number of terminal acetylenes is 1. The number of hydrogen-bond acceptors (Lipinski definition) is 2. The Morgan fingerprint density at radius 3 is 2.32 bits per heavy atom. The van der Waals surface area contributed by atoms with E-state index in [0.29, 0.717) is 25.8 Å². The third kappa shape index (κ3) is 4.82. The number of carbonyl (C=O) groups is 2. The summed E-state index contributed by atoms with van der Waals surface area (Å²) in [5.41, 5.74) is -0.806. The maximum atomic E-state index is 11.5. The molecule has 0 aromatic heterocycles. The summed E-state index contributed by atoms with van der Waals surface area (Å²) in [5.74, 6) is 1.62. The molecule has 0 atom stereocenters. The van der Waals surface area contributed by atoms with Gasteiger partial charge in [-0.1, -0.05) is 25.7 Å². The van der Waals surface area contributed by atoms with E-state index >= 15 is 0 Å². The second-order valence-electron chi connectivity index (χ2n) is 5.06. The summed E-state index contributed by atoms with van der Waals surface area (Å²) in [4.78, 5) is 23.0. The summed E-state index contributed by atoms with van der Waals surface area (Å²) >= 11 is 0. The fraction of sp³-hybridized carbons (Fsp3) is 0.714. The number of urea groups is 1. The minimum Gasteiger partial charge on any atom is -0.481 e. The van der Waals surface area contributed by atoms with Crippen molar-refractivity contribution in [1.29, 1.82) is 0 Å². The molecule has 0 aliphatic heterocycles. The van der Waals surface area contributed by atoms with Crippen LogP contribution in [-0.4, -0.2) is 30.2 Å². The molecule has 1 aliphatic rings. The topological polar surface area (TPSA) is 78.4 Å². The Morgan fingerprint density at radius 1 is 1.16 bits per heavy atom. The molecule has 2 amide bonds. The molecule has 1 fully saturated rings. The second-order valence-corrected chi connectivity index (χ2v) is 5.06. The van der Waals surface area contributed by atoms with Gasteiger partial charge >= 0.3 is 12.0 Å². The van der Waals surface area contributed by atoms with Crippen LogP contribution in [0.5, 0.6) is 0 Å². The van der Waals surface area contributed by atoms with E-state index in [1.165, 1.54) is 0 Å². The molecule has 0 saturated heterocycles. The summed E-state index contributed by atoms with van der Waals surface area (Å²) in [5, 5.41) is 14.7. The fourth-order valence-corrected chi connectivity index (χ4v) is 2.43. The van der Waals surface area contributed by atoms with Gasteiger partial charge in [-0.15, -0.1) is 12.3 Å². The summed E-state index contributed by atoms with van der Waals surface area (Å²) in [6, 6.07) is -0.347. The largest absolute Gasteiger partial charge is 0.481 e. The fourth-order valence-electron chi connectivity index (χ4n) is 2.43. The normalized spacial score (nSPS) is 17.8. The van der Waals surface area contributed by atoms with Crippen molar-refractivity contribution in [2.45, 2.75) is 44.9 Å². The number of carboxylic acid groups (broad SMARTS) is 1. The Balaban J connectivity index is 2.47. The van der Waals surface area contributed by atoms with Crippen LogP contribution in [0.4, 0.5) is 4.79 Å². The molecule has 0 aromatic rings. The monoisotopic (exact) mass is 266 g/mol. The first-order chi connectivity index (χ1) is 9.10. The molecule has 1 rings (SSSR count). The molecule has 1 saturated carbocycles. The zero-order valence-electron chi connectivity index (χ0n) is 11.2. The standard InChI is InChI=1S/C14H22N2O3/c1-2-3-10-15-13(19)16-11-14(12(17)18)8-6-4-5-7-9-14/h1H,3-11H2,(H,17,18)(H2,15,16,19). The lowest BCUT2D eigenvalue weighted by Crippen LogP contribution is -2.46. The molecular formula is C14H22N2O3. The number of rotatable bonds is 5. The molecule has 19 heavy (non-hydrogen) atoms. The molecule has 0 aromatic carbocycles. The third-order valence-electron chi connectivity index (χ3n) is 3.66. The molecule has 1 aliphatic carbocycles. The van der Waals surface area contributed by atoms with Gasteiger partial charge in [0.25, 0.3) is 0 Å². The van der Waals surface area contributed by atoms with Gasteiger partial charge in [0.1, 0.15) is 0 Å². The maximum Gasteiger partial charge on any atom is 0.314 e. The van der Waals surface area contributed by atoms with E-state index in [9.17, 15) is 14.7 Å². The Labute approximate surface area is 114 Å². The van der Waals surface area contributed by atoms with E-state index < -0.39 is 11.4 Å². The first-order valence-corrected chi connectivity index (χ1v) is 6.79. The average molecular weight is 266 g/mol. The van der Waals surface area contributed by atoms with Gasteiger partial charge in [-0.3, -0.25) is 4.79 Å². The lowest BCUT2D eigenvalue weighted by molar-refractivity contribution is -0.149. The zero-order chi connectivity index (χ0) is 14.1. The molecule has 0 spiro atoms. The number of aliphatic carboxylic acids is 1. The van der Waals surface area contributed by atoms with E-state index in [-0.39, 0.29) is 12.6 Å². The van der Waals surface area contributed by atoms with Crippen LogP contribution in [0.2, 0.25) is 0 Å². The highest BCUT2D eigenvalue weighted by Gasteiger charge is 2.38. The van der Waals surface area contributed by atoms with Crippen molar-refractivity contribution in [3.8, 4) is 12.3 Å². The third-order valence-corrected chi connectivity index (χ3v) is 3.66. The molecular weight excluding hydrogens is 244 g/mol. The number of nitrogens with one attached hydrogen (secondary N) is 2. The molecule has 106 valence electrons. The van der Waals surface area contributed by atoms with Gasteiger partial charge in [-0.2, -0.15) is 0 Å². The highest BCUT2D eigenvalue weighted by atomic mass is 16.4. The van der Waals surface area contributed by atoms with Crippen LogP contribution in [0, 0.1) is 17.8 Å². The Morgan fingerprint density at radius 2 is 1.79 bits per heavy atom. The lowest BCUT2D eigenvalue weighted by atomic mass is 9.80. The Kier molecular flexibility index (Phi) is 6.20. The highest BCUT2D eigenvalue weighted by molar-refractivity contribution is 5.78. The van der Waals surface area contributed by atoms with Crippen molar-refractivity contribution in [3.63, 3.8) is 0 Å². The molecule has 0 bridgehead atoms. The van der Waals surface area contributed by atoms with Crippen molar-refractivity contribution < 1.29 is 14.7 Å². The van der Waals surface area contributed by atoms with Crippen LogP contribution < -0.4 is 10.6 Å². The van der Waals surface area contributed by atoms with Crippen LogP contribution >= 0.6 is 0 Å². The van der Waals surface area contributed by atoms with Gasteiger partial charge in [0.2, 0.25) is 0 Å². The first kappa shape index (κ1) is 15.4. The van der Waals surface area contributed by atoms with Crippen molar-refractivity contribution in [2.24, 2.45) is 5.41 Å². The summed E-state index contributed by atoms with van der Waals surface area (Å²) in [6.45, 7) is 0.590. The number of hydrogen-bond donors (Lipinski definition) is 3.